The van der Waals surface area contributed by atoms with Crippen LogP contribution in [0, 0.1) is 0 Å². The summed E-state index contributed by atoms with van der Waals surface area (Å²) in [4.78, 5) is 0. The van der Waals surface area contributed by atoms with Crippen molar-refractivity contribution in [2.24, 2.45) is 0 Å². The topological polar surface area (TPSA) is 41.5 Å². The van der Waals surface area contributed by atoms with Crippen molar-refractivity contribution in [2.75, 3.05) is 5.32 Å². The zero-order chi connectivity index (χ0) is 15.2. The Morgan fingerprint density at radius 2 is 1.62 bits per heavy atom. The minimum absolute atomic E-state index is 0.184. The molecule has 2 rings (SSSR count). The molecule has 0 aliphatic carbocycles. The SMILES string of the molecule is CCC(Nc1ccc(OC(C)C)cc1)c1ccc(O)cc1. The van der Waals surface area contributed by atoms with Gasteiger partial charge in [-0.2, -0.15) is 0 Å². The van der Waals surface area contributed by atoms with Gasteiger partial charge in [0.25, 0.3) is 0 Å². The summed E-state index contributed by atoms with van der Waals surface area (Å²) in [6.45, 7) is 6.18. The molecule has 0 bridgehead atoms. The van der Waals surface area contributed by atoms with E-state index in [0.717, 1.165) is 23.4 Å². The van der Waals surface area contributed by atoms with Crippen LogP contribution in [0.1, 0.15) is 38.8 Å². The number of hydrogen-bond acceptors (Lipinski definition) is 3. The lowest BCUT2D eigenvalue weighted by molar-refractivity contribution is 0.242. The molecule has 2 N–H and O–H groups in total. The number of aromatic hydroxyl groups is 1. The monoisotopic (exact) mass is 285 g/mol. The molecular formula is C18H23NO2. The molecule has 0 saturated heterocycles. The van der Waals surface area contributed by atoms with Gasteiger partial charge < -0.3 is 15.2 Å². The Morgan fingerprint density at radius 1 is 1.00 bits per heavy atom. The van der Waals surface area contributed by atoms with Gasteiger partial charge in [-0.05, 0) is 62.2 Å². The van der Waals surface area contributed by atoms with E-state index in [0.29, 0.717) is 5.75 Å². The zero-order valence-corrected chi connectivity index (χ0v) is 12.8. The summed E-state index contributed by atoms with van der Waals surface area (Å²) in [6.07, 6.45) is 1.15. The molecule has 3 nitrogen and oxygen atoms in total. The van der Waals surface area contributed by atoms with Crippen LogP contribution >= 0.6 is 0 Å². The molecule has 0 aliphatic rings. The highest BCUT2D eigenvalue weighted by molar-refractivity contribution is 5.48. The standard InChI is InChI=1S/C18H23NO2/c1-4-18(14-5-9-16(20)10-6-14)19-15-7-11-17(12-8-15)21-13(2)3/h5-13,18-20H,4H2,1-3H3. The van der Waals surface area contributed by atoms with Crippen molar-refractivity contribution in [2.45, 2.75) is 39.3 Å². The first-order chi connectivity index (χ1) is 10.1. The minimum Gasteiger partial charge on any atom is -0.508 e. The largest absolute Gasteiger partial charge is 0.508 e. The lowest BCUT2D eigenvalue weighted by atomic mass is 10.0. The fourth-order valence-corrected chi connectivity index (χ4v) is 2.23. The van der Waals surface area contributed by atoms with E-state index < -0.39 is 0 Å². The molecule has 3 heteroatoms. The van der Waals surface area contributed by atoms with Crippen LogP contribution in [0.3, 0.4) is 0 Å². The summed E-state index contributed by atoms with van der Waals surface area (Å²) >= 11 is 0. The lowest BCUT2D eigenvalue weighted by Crippen LogP contribution is -2.09. The number of phenolic OH excluding ortho intramolecular Hbond substituents is 1. The Morgan fingerprint density at radius 3 is 2.14 bits per heavy atom. The van der Waals surface area contributed by atoms with E-state index in [1.165, 1.54) is 0 Å². The van der Waals surface area contributed by atoms with Crippen molar-refractivity contribution in [1.29, 1.82) is 0 Å². The predicted octanol–water partition coefficient (Wildman–Crippen LogP) is 4.74. The maximum absolute atomic E-state index is 9.37. The van der Waals surface area contributed by atoms with Crippen molar-refractivity contribution >= 4 is 5.69 Å². The molecule has 2 aromatic carbocycles. The summed E-state index contributed by atoms with van der Waals surface area (Å²) in [5.41, 5.74) is 2.23. The van der Waals surface area contributed by atoms with Crippen LogP contribution in [0.5, 0.6) is 11.5 Å². The van der Waals surface area contributed by atoms with Gasteiger partial charge in [-0.25, -0.2) is 0 Å². The average molecular weight is 285 g/mol. The van der Waals surface area contributed by atoms with Gasteiger partial charge in [0.15, 0.2) is 0 Å². The van der Waals surface area contributed by atoms with Gasteiger partial charge in [0.05, 0.1) is 12.1 Å². The normalized spacial score (nSPS) is 12.2. The van der Waals surface area contributed by atoms with Crippen molar-refractivity contribution in [3.8, 4) is 11.5 Å². The first kappa shape index (κ1) is 15.2. The molecule has 21 heavy (non-hydrogen) atoms. The fraction of sp³-hybridized carbons (Fsp3) is 0.333. The smallest absolute Gasteiger partial charge is 0.119 e. The van der Waals surface area contributed by atoms with E-state index in [1.807, 2.05) is 50.2 Å². The third-order valence-electron chi connectivity index (χ3n) is 3.27. The van der Waals surface area contributed by atoms with Gasteiger partial charge in [0, 0.05) is 5.69 Å². The summed E-state index contributed by atoms with van der Waals surface area (Å²) in [7, 11) is 0. The van der Waals surface area contributed by atoms with Crippen LogP contribution < -0.4 is 10.1 Å². The van der Waals surface area contributed by atoms with Crippen LogP contribution in [0.2, 0.25) is 0 Å². The van der Waals surface area contributed by atoms with Gasteiger partial charge in [0.2, 0.25) is 0 Å². The maximum Gasteiger partial charge on any atom is 0.119 e. The van der Waals surface area contributed by atoms with Crippen molar-refractivity contribution < 1.29 is 9.84 Å². The summed E-state index contributed by atoms with van der Waals surface area (Å²) in [5, 5.41) is 12.9. The van der Waals surface area contributed by atoms with Crippen molar-refractivity contribution in [3.05, 3.63) is 54.1 Å². The fourth-order valence-electron chi connectivity index (χ4n) is 2.23. The number of anilines is 1. The van der Waals surface area contributed by atoms with Gasteiger partial charge in [-0.3, -0.25) is 0 Å². The Bertz CT molecular complexity index is 546. The van der Waals surface area contributed by atoms with Crippen LogP contribution in [0.25, 0.3) is 0 Å². The predicted molar refractivity (Wildman–Crippen MR) is 87.0 cm³/mol. The molecule has 1 unspecified atom stereocenters. The molecule has 0 spiro atoms. The van der Waals surface area contributed by atoms with Gasteiger partial charge in [0.1, 0.15) is 11.5 Å². The van der Waals surface area contributed by atoms with Gasteiger partial charge >= 0.3 is 0 Å². The van der Waals surface area contributed by atoms with E-state index in [9.17, 15) is 5.11 Å². The van der Waals surface area contributed by atoms with E-state index in [1.54, 1.807) is 12.1 Å². The Balaban J connectivity index is 2.06. The molecule has 112 valence electrons. The van der Waals surface area contributed by atoms with Crippen LogP contribution in [-0.2, 0) is 0 Å². The number of rotatable bonds is 6. The highest BCUT2D eigenvalue weighted by Gasteiger charge is 2.09. The first-order valence-electron chi connectivity index (χ1n) is 7.40. The molecular weight excluding hydrogens is 262 g/mol. The molecule has 0 amide bonds. The number of benzene rings is 2. The van der Waals surface area contributed by atoms with E-state index >= 15 is 0 Å². The molecule has 0 aromatic heterocycles. The van der Waals surface area contributed by atoms with Crippen molar-refractivity contribution in [3.63, 3.8) is 0 Å². The zero-order valence-electron chi connectivity index (χ0n) is 12.8. The van der Waals surface area contributed by atoms with Crippen molar-refractivity contribution in [1.82, 2.24) is 0 Å². The Hall–Kier alpha value is -2.16. The third kappa shape index (κ3) is 4.42. The summed E-state index contributed by atoms with van der Waals surface area (Å²) < 4.78 is 5.64. The second-order valence-electron chi connectivity index (χ2n) is 5.39. The maximum atomic E-state index is 9.37. The molecule has 1 atom stereocenters. The number of hydrogen-bond donors (Lipinski definition) is 2. The second kappa shape index (κ2) is 7.02. The van der Waals surface area contributed by atoms with E-state index in [-0.39, 0.29) is 12.1 Å². The quantitative estimate of drug-likeness (QED) is 0.805. The number of ether oxygens (including phenoxy) is 1. The van der Waals surface area contributed by atoms with Crippen LogP contribution in [-0.4, -0.2) is 11.2 Å². The van der Waals surface area contributed by atoms with Gasteiger partial charge in [-0.1, -0.05) is 19.1 Å². The molecule has 0 radical (unpaired) electrons. The van der Waals surface area contributed by atoms with Gasteiger partial charge in [-0.15, -0.1) is 0 Å². The van der Waals surface area contributed by atoms with E-state index in [4.69, 9.17) is 4.74 Å². The van der Waals surface area contributed by atoms with Crippen LogP contribution in [0.4, 0.5) is 5.69 Å². The Kier molecular flexibility index (Phi) is 5.09. The highest BCUT2D eigenvalue weighted by Crippen LogP contribution is 2.25. The average Bonchev–Trinajstić information content (AvgIpc) is 2.47. The third-order valence-corrected chi connectivity index (χ3v) is 3.27. The molecule has 0 saturated carbocycles. The summed E-state index contributed by atoms with van der Waals surface area (Å²) in [6, 6.07) is 15.6. The molecule has 2 aromatic rings. The molecule has 0 heterocycles. The molecule has 0 aliphatic heterocycles. The van der Waals surface area contributed by atoms with Crippen LogP contribution in [0.15, 0.2) is 48.5 Å². The summed E-state index contributed by atoms with van der Waals surface area (Å²) in [5.74, 6) is 1.18. The number of phenols is 1. The Labute approximate surface area is 126 Å². The van der Waals surface area contributed by atoms with E-state index in [2.05, 4.69) is 12.2 Å². The molecule has 0 fully saturated rings. The first-order valence-corrected chi connectivity index (χ1v) is 7.40. The minimum atomic E-state index is 0.184. The highest BCUT2D eigenvalue weighted by atomic mass is 16.5. The lowest BCUT2D eigenvalue weighted by Gasteiger charge is -2.19. The number of nitrogens with one attached hydrogen (secondary N) is 1. The second-order valence-corrected chi connectivity index (χ2v) is 5.39.